The van der Waals surface area contributed by atoms with Crippen molar-refractivity contribution in [1.82, 2.24) is 4.72 Å². The van der Waals surface area contributed by atoms with Gasteiger partial charge in [-0.15, -0.1) is 0 Å². The fraction of sp³-hybridized carbons (Fsp3) is 0.188. The molecule has 22 heavy (non-hydrogen) atoms. The van der Waals surface area contributed by atoms with Gasteiger partial charge in [0, 0.05) is 0 Å². The van der Waals surface area contributed by atoms with Crippen molar-refractivity contribution in [1.29, 1.82) is 0 Å². The van der Waals surface area contributed by atoms with E-state index in [2.05, 4.69) is 4.72 Å². The van der Waals surface area contributed by atoms with E-state index >= 15 is 0 Å². The molecule has 0 aliphatic rings. The molecule has 0 amide bonds. The van der Waals surface area contributed by atoms with E-state index in [0.717, 1.165) is 11.1 Å². The van der Waals surface area contributed by atoms with Gasteiger partial charge < -0.3 is 4.74 Å². The second-order valence-corrected chi connectivity index (χ2v) is 6.68. The van der Waals surface area contributed by atoms with Crippen LogP contribution in [0.25, 0.3) is 0 Å². The third kappa shape index (κ3) is 3.93. The van der Waals surface area contributed by atoms with Gasteiger partial charge in [0.1, 0.15) is 6.61 Å². The van der Waals surface area contributed by atoms with Crippen LogP contribution in [0.4, 0.5) is 0 Å². The first-order chi connectivity index (χ1) is 10.4. The van der Waals surface area contributed by atoms with Crippen LogP contribution in [0.15, 0.2) is 53.4 Å². The van der Waals surface area contributed by atoms with Gasteiger partial charge in [-0.1, -0.05) is 35.9 Å². The summed E-state index contributed by atoms with van der Waals surface area (Å²) in [5.74, 6) is -0.561. The lowest BCUT2D eigenvalue weighted by molar-refractivity contribution is 0.0472. The van der Waals surface area contributed by atoms with Gasteiger partial charge in [0.15, 0.2) is 0 Å². The molecular weight excluding hydrogens is 302 g/mol. The number of aryl methyl sites for hydroxylation is 1. The van der Waals surface area contributed by atoms with Gasteiger partial charge >= 0.3 is 5.97 Å². The van der Waals surface area contributed by atoms with E-state index in [-0.39, 0.29) is 17.1 Å². The van der Waals surface area contributed by atoms with E-state index in [0.29, 0.717) is 0 Å². The predicted octanol–water partition coefficient (Wildman–Crippen LogP) is 2.26. The average Bonchev–Trinajstić information content (AvgIpc) is 2.54. The zero-order valence-electron chi connectivity index (χ0n) is 12.4. The highest BCUT2D eigenvalue weighted by molar-refractivity contribution is 7.89. The number of sulfonamides is 1. The maximum Gasteiger partial charge on any atom is 0.338 e. The molecule has 0 aliphatic heterocycles. The van der Waals surface area contributed by atoms with Gasteiger partial charge in [-0.3, -0.25) is 0 Å². The van der Waals surface area contributed by atoms with Crippen molar-refractivity contribution < 1.29 is 17.9 Å². The molecule has 0 fully saturated rings. The first kappa shape index (κ1) is 16.2. The van der Waals surface area contributed by atoms with Crippen LogP contribution in [0.3, 0.4) is 0 Å². The van der Waals surface area contributed by atoms with Gasteiger partial charge in [-0.25, -0.2) is 17.9 Å². The van der Waals surface area contributed by atoms with E-state index < -0.39 is 16.0 Å². The van der Waals surface area contributed by atoms with E-state index in [1.54, 1.807) is 0 Å². The number of hydrogen-bond acceptors (Lipinski definition) is 4. The van der Waals surface area contributed by atoms with Crippen LogP contribution in [0.5, 0.6) is 0 Å². The molecule has 0 aromatic heterocycles. The van der Waals surface area contributed by atoms with Crippen LogP contribution >= 0.6 is 0 Å². The minimum Gasteiger partial charge on any atom is -0.457 e. The van der Waals surface area contributed by atoms with Crippen molar-refractivity contribution in [3.05, 3.63) is 65.2 Å². The fourth-order valence-corrected chi connectivity index (χ4v) is 2.60. The quantitative estimate of drug-likeness (QED) is 0.858. The first-order valence-electron chi connectivity index (χ1n) is 6.68. The summed E-state index contributed by atoms with van der Waals surface area (Å²) in [4.78, 5) is 12.0. The number of rotatable bonds is 5. The molecular formula is C16H17NO4S. The first-order valence-corrected chi connectivity index (χ1v) is 8.17. The summed E-state index contributed by atoms with van der Waals surface area (Å²) in [7, 11) is -2.27. The molecule has 0 spiro atoms. The summed E-state index contributed by atoms with van der Waals surface area (Å²) in [6.45, 7) is 2.12. The molecule has 0 saturated heterocycles. The molecule has 0 atom stereocenters. The lowest BCUT2D eigenvalue weighted by Gasteiger charge is -2.07. The minimum atomic E-state index is -3.58. The normalized spacial score (nSPS) is 11.2. The molecule has 0 radical (unpaired) electrons. The topological polar surface area (TPSA) is 72.5 Å². The smallest absolute Gasteiger partial charge is 0.338 e. The molecule has 2 rings (SSSR count). The van der Waals surface area contributed by atoms with E-state index in [1.165, 1.54) is 31.3 Å². The Morgan fingerprint density at radius 3 is 2.45 bits per heavy atom. The zero-order valence-corrected chi connectivity index (χ0v) is 13.2. The predicted molar refractivity (Wildman–Crippen MR) is 83.0 cm³/mol. The maximum atomic E-state index is 12.0. The standard InChI is InChI=1S/C16H17NO4S/c1-12-6-8-13(9-7-12)11-21-16(18)14-4-3-5-15(10-14)22(19,20)17-2/h3-10,17H,11H2,1-2H3. The largest absolute Gasteiger partial charge is 0.457 e. The highest BCUT2D eigenvalue weighted by Gasteiger charge is 2.15. The van der Waals surface area contributed by atoms with Gasteiger partial charge in [0.2, 0.25) is 10.0 Å². The summed E-state index contributed by atoms with van der Waals surface area (Å²) in [5, 5.41) is 0. The van der Waals surface area contributed by atoms with Crippen molar-refractivity contribution >= 4 is 16.0 Å². The van der Waals surface area contributed by atoms with Crippen LogP contribution in [-0.2, 0) is 21.4 Å². The van der Waals surface area contributed by atoms with Crippen molar-refractivity contribution in [2.45, 2.75) is 18.4 Å². The van der Waals surface area contributed by atoms with Crippen molar-refractivity contribution in [2.75, 3.05) is 7.05 Å². The molecule has 2 aromatic rings. The van der Waals surface area contributed by atoms with E-state index in [9.17, 15) is 13.2 Å². The van der Waals surface area contributed by atoms with Gasteiger partial charge in [0.05, 0.1) is 10.5 Å². The van der Waals surface area contributed by atoms with Gasteiger partial charge in [-0.05, 0) is 37.7 Å². The van der Waals surface area contributed by atoms with Crippen molar-refractivity contribution in [3.63, 3.8) is 0 Å². The summed E-state index contributed by atoms with van der Waals surface area (Å²) < 4.78 is 30.9. The molecule has 0 heterocycles. The Morgan fingerprint density at radius 2 is 1.82 bits per heavy atom. The van der Waals surface area contributed by atoms with Gasteiger partial charge in [0.25, 0.3) is 0 Å². The Kier molecular flexibility index (Phi) is 4.95. The van der Waals surface area contributed by atoms with Crippen molar-refractivity contribution in [2.24, 2.45) is 0 Å². The molecule has 2 aromatic carbocycles. The number of ether oxygens (including phenoxy) is 1. The summed E-state index contributed by atoms with van der Waals surface area (Å²) in [6.07, 6.45) is 0. The molecule has 0 bridgehead atoms. The SMILES string of the molecule is CNS(=O)(=O)c1cccc(C(=O)OCc2ccc(C)cc2)c1. The number of benzene rings is 2. The summed E-state index contributed by atoms with van der Waals surface area (Å²) in [6, 6.07) is 13.4. The lowest BCUT2D eigenvalue weighted by atomic mass is 10.2. The molecule has 0 saturated carbocycles. The molecule has 0 aliphatic carbocycles. The second-order valence-electron chi connectivity index (χ2n) is 4.80. The fourth-order valence-electron chi connectivity index (χ4n) is 1.82. The zero-order chi connectivity index (χ0) is 16.2. The molecule has 6 heteroatoms. The number of hydrogen-bond donors (Lipinski definition) is 1. The monoisotopic (exact) mass is 319 g/mol. The van der Waals surface area contributed by atoms with Crippen LogP contribution < -0.4 is 4.72 Å². The highest BCUT2D eigenvalue weighted by Crippen LogP contribution is 2.13. The number of esters is 1. The molecule has 5 nitrogen and oxygen atoms in total. The van der Waals surface area contributed by atoms with E-state index in [1.807, 2.05) is 31.2 Å². The number of carbonyl (C=O) groups excluding carboxylic acids is 1. The summed E-state index contributed by atoms with van der Waals surface area (Å²) >= 11 is 0. The van der Waals surface area contributed by atoms with Crippen LogP contribution in [0.1, 0.15) is 21.5 Å². The Labute approximate surface area is 130 Å². The highest BCUT2D eigenvalue weighted by atomic mass is 32.2. The number of nitrogens with one attached hydrogen (secondary N) is 1. The lowest BCUT2D eigenvalue weighted by Crippen LogP contribution is -2.19. The van der Waals surface area contributed by atoms with Crippen molar-refractivity contribution in [3.8, 4) is 0 Å². The third-order valence-electron chi connectivity index (χ3n) is 3.14. The Bertz CT molecular complexity index is 767. The third-order valence-corrected chi connectivity index (χ3v) is 4.55. The second kappa shape index (κ2) is 6.72. The molecule has 116 valence electrons. The Morgan fingerprint density at radius 1 is 1.14 bits per heavy atom. The molecule has 0 unspecified atom stereocenters. The maximum absolute atomic E-state index is 12.0. The number of carbonyl (C=O) groups is 1. The Hall–Kier alpha value is -2.18. The Balaban J connectivity index is 2.10. The van der Waals surface area contributed by atoms with Gasteiger partial charge in [-0.2, -0.15) is 0 Å². The average molecular weight is 319 g/mol. The van der Waals surface area contributed by atoms with E-state index in [4.69, 9.17) is 4.74 Å². The molecule has 1 N–H and O–H groups in total. The van der Waals surface area contributed by atoms with Crippen LogP contribution in [0, 0.1) is 6.92 Å². The van der Waals surface area contributed by atoms with Crippen LogP contribution in [0.2, 0.25) is 0 Å². The van der Waals surface area contributed by atoms with Crippen LogP contribution in [-0.4, -0.2) is 21.4 Å². The summed E-state index contributed by atoms with van der Waals surface area (Å²) in [5.41, 5.74) is 2.20. The minimum absolute atomic E-state index is 0.0276.